The number of nitrogens with two attached hydrogens (primary N) is 1. The van der Waals surface area contributed by atoms with Crippen LogP contribution in [0, 0.1) is 5.92 Å². The van der Waals surface area contributed by atoms with Crippen molar-refractivity contribution in [1.29, 1.82) is 0 Å². The van der Waals surface area contributed by atoms with E-state index in [2.05, 4.69) is 5.32 Å². The monoisotopic (exact) mass is 202 g/mol. The van der Waals surface area contributed by atoms with Crippen LogP contribution in [0.2, 0.25) is 0 Å². The number of nitrogens with one attached hydrogen (secondary N) is 1. The predicted octanol–water partition coefficient (Wildman–Crippen LogP) is 0.248. The van der Waals surface area contributed by atoms with E-state index >= 15 is 0 Å². The van der Waals surface area contributed by atoms with Gasteiger partial charge in [-0.3, -0.25) is 4.79 Å². The fraction of sp³-hybridized carbons (Fsp3) is 0.900. The molecule has 0 saturated carbocycles. The Bertz CT molecular complexity index is 162. The summed E-state index contributed by atoms with van der Waals surface area (Å²) in [4.78, 5) is 11.3. The Balaban J connectivity index is 3.73. The van der Waals surface area contributed by atoms with Gasteiger partial charge in [-0.25, -0.2) is 0 Å². The summed E-state index contributed by atoms with van der Waals surface area (Å²) < 4.78 is 0. The van der Waals surface area contributed by atoms with E-state index in [9.17, 15) is 4.79 Å². The van der Waals surface area contributed by atoms with Gasteiger partial charge in [0.15, 0.2) is 0 Å². The van der Waals surface area contributed by atoms with Crippen molar-refractivity contribution in [2.45, 2.75) is 39.2 Å². The lowest BCUT2D eigenvalue weighted by Gasteiger charge is -2.16. The number of aliphatic hydroxyl groups excluding tert-OH is 1. The maximum Gasteiger partial charge on any atom is 0.236 e. The highest BCUT2D eigenvalue weighted by Gasteiger charge is 2.12. The highest BCUT2D eigenvalue weighted by Crippen LogP contribution is 2.05. The first-order chi connectivity index (χ1) is 6.65. The molecule has 0 aliphatic carbocycles. The number of amides is 1. The van der Waals surface area contributed by atoms with Gasteiger partial charge in [-0.05, 0) is 18.8 Å². The van der Waals surface area contributed by atoms with Crippen LogP contribution in [0.4, 0.5) is 0 Å². The van der Waals surface area contributed by atoms with Crippen molar-refractivity contribution in [3.63, 3.8) is 0 Å². The van der Waals surface area contributed by atoms with Crippen LogP contribution in [0.25, 0.3) is 0 Å². The average molecular weight is 202 g/mol. The molecule has 0 saturated heterocycles. The summed E-state index contributed by atoms with van der Waals surface area (Å²) in [5.41, 5.74) is 5.56. The minimum atomic E-state index is -0.401. The maximum atomic E-state index is 11.3. The van der Waals surface area contributed by atoms with Gasteiger partial charge in [0.05, 0.1) is 6.04 Å². The Labute approximate surface area is 85.9 Å². The molecule has 0 aliphatic heterocycles. The van der Waals surface area contributed by atoms with Crippen LogP contribution >= 0.6 is 0 Å². The molecule has 0 aromatic rings. The van der Waals surface area contributed by atoms with Crippen molar-refractivity contribution in [2.75, 3.05) is 13.2 Å². The lowest BCUT2D eigenvalue weighted by molar-refractivity contribution is -0.122. The Hall–Kier alpha value is -0.610. The Morgan fingerprint density at radius 1 is 1.43 bits per heavy atom. The van der Waals surface area contributed by atoms with Crippen LogP contribution in [-0.2, 0) is 4.79 Å². The van der Waals surface area contributed by atoms with Crippen molar-refractivity contribution in [2.24, 2.45) is 11.7 Å². The topological polar surface area (TPSA) is 75.3 Å². The lowest BCUT2D eigenvalue weighted by Crippen LogP contribution is -2.42. The van der Waals surface area contributed by atoms with Crippen LogP contribution in [0.1, 0.15) is 33.1 Å². The molecule has 2 unspecified atom stereocenters. The summed E-state index contributed by atoms with van der Waals surface area (Å²) in [7, 11) is 0. The van der Waals surface area contributed by atoms with E-state index in [1.165, 1.54) is 0 Å². The second kappa shape index (κ2) is 7.76. The molecule has 0 aliphatic rings. The summed E-state index contributed by atoms with van der Waals surface area (Å²) in [6, 6.07) is -0.401. The van der Waals surface area contributed by atoms with Crippen LogP contribution < -0.4 is 11.1 Å². The second-order valence-corrected chi connectivity index (χ2v) is 3.55. The third-order valence-corrected chi connectivity index (χ3v) is 2.46. The van der Waals surface area contributed by atoms with E-state index in [0.717, 1.165) is 12.8 Å². The van der Waals surface area contributed by atoms with Crippen LogP contribution in [0.15, 0.2) is 0 Å². The number of carbonyl (C=O) groups excluding carboxylic acids is 1. The Morgan fingerprint density at radius 3 is 2.50 bits per heavy atom. The van der Waals surface area contributed by atoms with E-state index in [1.807, 2.05) is 13.8 Å². The molecule has 4 nitrogen and oxygen atoms in total. The fourth-order valence-corrected chi connectivity index (χ4v) is 1.19. The first-order valence-electron chi connectivity index (χ1n) is 5.29. The SMILES string of the molecule is CCC(CCO)CNC(=O)C(N)CC. The molecular weight excluding hydrogens is 180 g/mol. The third kappa shape index (κ3) is 5.19. The molecule has 84 valence electrons. The minimum absolute atomic E-state index is 0.0936. The van der Waals surface area contributed by atoms with Gasteiger partial charge in [0, 0.05) is 13.2 Å². The number of hydrogen-bond acceptors (Lipinski definition) is 3. The molecule has 0 spiro atoms. The molecule has 0 aromatic carbocycles. The molecule has 0 fully saturated rings. The molecule has 0 heterocycles. The lowest BCUT2D eigenvalue weighted by atomic mass is 10.0. The summed E-state index contributed by atoms with van der Waals surface area (Å²) in [6.07, 6.45) is 2.35. The summed E-state index contributed by atoms with van der Waals surface area (Å²) >= 11 is 0. The molecule has 0 radical (unpaired) electrons. The predicted molar refractivity (Wildman–Crippen MR) is 56.8 cm³/mol. The third-order valence-electron chi connectivity index (χ3n) is 2.46. The Morgan fingerprint density at radius 2 is 2.07 bits per heavy atom. The first-order valence-corrected chi connectivity index (χ1v) is 5.29. The zero-order valence-corrected chi connectivity index (χ0v) is 9.12. The maximum absolute atomic E-state index is 11.3. The molecule has 0 rings (SSSR count). The molecule has 1 amide bonds. The molecule has 4 N–H and O–H groups in total. The van der Waals surface area contributed by atoms with Gasteiger partial charge in [0.25, 0.3) is 0 Å². The van der Waals surface area contributed by atoms with Crippen molar-refractivity contribution in [1.82, 2.24) is 5.32 Å². The van der Waals surface area contributed by atoms with Crippen molar-refractivity contribution >= 4 is 5.91 Å². The number of aliphatic hydroxyl groups is 1. The molecule has 0 aromatic heterocycles. The fourth-order valence-electron chi connectivity index (χ4n) is 1.19. The van der Waals surface area contributed by atoms with Gasteiger partial charge < -0.3 is 16.2 Å². The van der Waals surface area contributed by atoms with E-state index in [4.69, 9.17) is 10.8 Å². The normalized spacial score (nSPS) is 14.9. The Kier molecular flexibility index (Phi) is 7.42. The van der Waals surface area contributed by atoms with E-state index in [1.54, 1.807) is 0 Å². The minimum Gasteiger partial charge on any atom is -0.396 e. The van der Waals surface area contributed by atoms with Gasteiger partial charge in [0.1, 0.15) is 0 Å². The summed E-state index contributed by atoms with van der Waals surface area (Å²) in [6.45, 7) is 4.72. The second-order valence-electron chi connectivity index (χ2n) is 3.55. The van der Waals surface area contributed by atoms with Gasteiger partial charge in [-0.2, -0.15) is 0 Å². The highest BCUT2D eigenvalue weighted by atomic mass is 16.3. The van der Waals surface area contributed by atoms with Gasteiger partial charge in [-0.1, -0.05) is 20.3 Å². The zero-order valence-electron chi connectivity index (χ0n) is 9.12. The average Bonchev–Trinajstić information content (AvgIpc) is 2.22. The molecule has 0 bridgehead atoms. The summed E-state index contributed by atoms with van der Waals surface area (Å²) in [5, 5.41) is 11.5. The van der Waals surface area contributed by atoms with Crippen LogP contribution in [0.3, 0.4) is 0 Å². The smallest absolute Gasteiger partial charge is 0.236 e. The van der Waals surface area contributed by atoms with E-state index in [0.29, 0.717) is 18.9 Å². The van der Waals surface area contributed by atoms with Crippen LogP contribution in [-0.4, -0.2) is 30.2 Å². The zero-order chi connectivity index (χ0) is 11.0. The van der Waals surface area contributed by atoms with Crippen LogP contribution in [0.5, 0.6) is 0 Å². The van der Waals surface area contributed by atoms with Gasteiger partial charge in [-0.15, -0.1) is 0 Å². The highest BCUT2D eigenvalue weighted by molar-refractivity contribution is 5.81. The standard InChI is InChI=1S/C10H22N2O2/c1-3-8(5-6-13)7-12-10(14)9(11)4-2/h8-9,13H,3-7,11H2,1-2H3,(H,12,14). The summed E-state index contributed by atoms with van der Waals surface area (Å²) in [5.74, 6) is 0.261. The number of carbonyl (C=O) groups is 1. The van der Waals surface area contributed by atoms with E-state index in [-0.39, 0.29) is 12.5 Å². The quantitative estimate of drug-likeness (QED) is 0.554. The van der Waals surface area contributed by atoms with Gasteiger partial charge in [0.2, 0.25) is 5.91 Å². The molecule has 14 heavy (non-hydrogen) atoms. The van der Waals surface area contributed by atoms with E-state index < -0.39 is 6.04 Å². The largest absolute Gasteiger partial charge is 0.396 e. The molecular formula is C10H22N2O2. The van der Waals surface area contributed by atoms with Crippen molar-refractivity contribution < 1.29 is 9.90 Å². The van der Waals surface area contributed by atoms with Crippen molar-refractivity contribution in [3.05, 3.63) is 0 Å². The number of rotatable bonds is 7. The number of hydrogen-bond donors (Lipinski definition) is 3. The first kappa shape index (κ1) is 13.4. The molecule has 2 atom stereocenters. The van der Waals surface area contributed by atoms with Crippen molar-refractivity contribution in [3.8, 4) is 0 Å². The van der Waals surface area contributed by atoms with Gasteiger partial charge >= 0.3 is 0 Å². The molecule has 4 heteroatoms.